The van der Waals surface area contributed by atoms with Crippen LogP contribution >= 0.6 is 0 Å². The zero-order valence-electron chi connectivity index (χ0n) is 11.8. The molecule has 112 valence electrons. The van der Waals surface area contributed by atoms with Crippen molar-refractivity contribution in [3.05, 3.63) is 42.0 Å². The normalized spacial score (nSPS) is 16.4. The van der Waals surface area contributed by atoms with Crippen LogP contribution in [0.15, 0.2) is 34.9 Å². The minimum Gasteiger partial charge on any atom is -0.484 e. The topological polar surface area (TPSA) is 83.4 Å². The number of ether oxygens (including phenoxy) is 2. The number of hydrogen-bond donors (Lipinski definition) is 1. The number of nitrogens with two attached hydrogens (primary N) is 1. The lowest BCUT2D eigenvalue weighted by Crippen LogP contribution is -2.27. The first kappa shape index (κ1) is 14.0. The lowest BCUT2D eigenvalue weighted by molar-refractivity contribution is -0.00549. The largest absolute Gasteiger partial charge is 0.484 e. The van der Waals surface area contributed by atoms with E-state index in [0.29, 0.717) is 24.4 Å². The molecule has 3 rings (SSSR count). The summed E-state index contributed by atoms with van der Waals surface area (Å²) in [4.78, 5) is 4.24. The van der Waals surface area contributed by atoms with Gasteiger partial charge in [-0.3, -0.25) is 0 Å². The first-order valence-corrected chi connectivity index (χ1v) is 7.19. The average molecular weight is 289 g/mol. The number of rotatable bonds is 7. The van der Waals surface area contributed by atoms with Crippen molar-refractivity contribution in [3.63, 3.8) is 0 Å². The van der Waals surface area contributed by atoms with Gasteiger partial charge in [0.15, 0.2) is 12.4 Å². The summed E-state index contributed by atoms with van der Waals surface area (Å²) in [6.07, 6.45) is 3.83. The Morgan fingerprint density at radius 3 is 2.81 bits per heavy atom. The maximum Gasteiger partial charge on any atom is 0.264 e. The molecule has 0 aliphatic heterocycles. The quantitative estimate of drug-likeness (QED) is 0.841. The molecule has 6 nitrogen and oxygen atoms in total. The number of aromatic nitrogens is 2. The second kappa shape index (κ2) is 6.69. The Hall–Kier alpha value is -1.92. The predicted molar refractivity (Wildman–Crippen MR) is 75.6 cm³/mol. The van der Waals surface area contributed by atoms with E-state index in [4.69, 9.17) is 19.7 Å². The summed E-state index contributed by atoms with van der Waals surface area (Å²) in [6.45, 7) is 0.649. The van der Waals surface area contributed by atoms with Crippen molar-refractivity contribution in [1.82, 2.24) is 10.1 Å². The Bertz CT molecular complexity index is 554. The first-order chi connectivity index (χ1) is 10.3. The van der Waals surface area contributed by atoms with Crippen LogP contribution in [0.25, 0.3) is 0 Å². The van der Waals surface area contributed by atoms with Crippen LogP contribution in [0.1, 0.15) is 37.0 Å². The fourth-order valence-corrected chi connectivity index (χ4v) is 1.99. The summed E-state index contributed by atoms with van der Waals surface area (Å²) in [7, 11) is 0. The molecule has 1 saturated carbocycles. The van der Waals surface area contributed by atoms with Crippen molar-refractivity contribution in [2.45, 2.75) is 38.0 Å². The van der Waals surface area contributed by atoms with E-state index >= 15 is 0 Å². The first-order valence-electron chi connectivity index (χ1n) is 7.19. The van der Waals surface area contributed by atoms with Gasteiger partial charge in [-0.1, -0.05) is 23.4 Å². The van der Waals surface area contributed by atoms with Crippen LogP contribution in [-0.4, -0.2) is 22.9 Å². The molecule has 6 heteroatoms. The molecule has 1 aromatic carbocycles. The van der Waals surface area contributed by atoms with Crippen LogP contribution in [0.2, 0.25) is 0 Å². The molecule has 1 atom stereocenters. The highest BCUT2D eigenvalue weighted by molar-refractivity contribution is 5.20. The standard InChI is InChI=1S/C15H19N3O3/c16-13(9-19-12-7-4-8-12)15-17-14(21-18-15)10-20-11-5-2-1-3-6-11/h1-3,5-6,12-13H,4,7-10,16H2. The van der Waals surface area contributed by atoms with Gasteiger partial charge in [-0.25, -0.2) is 0 Å². The molecule has 1 aliphatic rings. The third-order valence-corrected chi connectivity index (χ3v) is 3.48. The molecule has 2 N–H and O–H groups in total. The number of nitrogens with zero attached hydrogens (tertiary/aromatic N) is 2. The van der Waals surface area contributed by atoms with Gasteiger partial charge in [0.1, 0.15) is 5.75 Å². The van der Waals surface area contributed by atoms with Crippen molar-refractivity contribution in [2.24, 2.45) is 5.73 Å². The molecule has 0 spiro atoms. The average Bonchev–Trinajstić information content (AvgIpc) is 2.93. The molecule has 21 heavy (non-hydrogen) atoms. The summed E-state index contributed by atoms with van der Waals surface area (Å²) in [5.41, 5.74) is 5.99. The highest BCUT2D eigenvalue weighted by Gasteiger charge is 2.21. The van der Waals surface area contributed by atoms with Gasteiger partial charge in [0.2, 0.25) is 0 Å². The van der Waals surface area contributed by atoms with Gasteiger partial charge in [0.25, 0.3) is 5.89 Å². The molecule has 1 unspecified atom stereocenters. The van der Waals surface area contributed by atoms with Crippen molar-refractivity contribution in [3.8, 4) is 5.75 Å². The number of benzene rings is 1. The van der Waals surface area contributed by atoms with E-state index in [1.54, 1.807) is 0 Å². The van der Waals surface area contributed by atoms with E-state index < -0.39 is 0 Å². The van der Waals surface area contributed by atoms with Crippen molar-refractivity contribution < 1.29 is 14.0 Å². The maximum absolute atomic E-state index is 5.99. The molecule has 2 aromatic rings. The van der Waals surface area contributed by atoms with Gasteiger partial charge < -0.3 is 19.7 Å². The maximum atomic E-state index is 5.99. The second-order valence-corrected chi connectivity index (χ2v) is 5.14. The van der Waals surface area contributed by atoms with Crippen LogP contribution in [-0.2, 0) is 11.3 Å². The van der Waals surface area contributed by atoms with Crippen molar-refractivity contribution in [1.29, 1.82) is 0 Å². The smallest absolute Gasteiger partial charge is 0.264 e. The second-order valence-electron chi connectivity index (χ2n) is 5.14. The summed E-state index contributed by atoms with van der Waals surface area (Å²) in [6, 6.07) is 9.12. The molecule has 1 aliphatic carbocycles. The van der Waals surface area contributed by atoms with Gasteiger partial charge in [0, 0.05) is 0 Å². The van der Waals surface area contributed by atoms with Gasteiger partial charge in [-0.15, -0.1) is 0 Å². The third-order valence-electron chi connectivity index (χ3n) is 3.48. The summed E-state index contributed by atoms with van der Waals surface area (Å²) in [5.74, 6) is 1.63. The van der Waals surface area contributed by atoms with Gasteiger partial charge in [-0.05, 0) is 31.4 Å². The van der Waals surface area contributed by atoms with Crippen molar-refractivity contribution in [2.75, 3.05) is 6.61 Å². The van der Waals surface area contributed by atoms with E-state index in [9.17, 15) is 0 Å². The molecule has 0 amide bonds. The Kier molecular flexibility index (Phi) is 4.47. The fraction of sp³-hybridized carbons (Fsp3) is 0.467. The van der Waals surface area contributed by atoms with E-state index in [0.717, 1.165) is 18.6 Å². The molecule has 0 radical (unpaired) electrons. The Morgan fingerprint density at radius 1 is 1.29 bits per heavy atom. The lowest BCUT2D eigenvalue weighted by Gasteiger charge is -2.26. The van der Waals surface area contributed by atoms with E-state index in [-0.39, 0.29) is 12.6 Å². The molecule has 0 saturated heterocycles. The van der Waals surface area contributed by atoms with E-state index in [1.165, 1.54) is 6.42 Å². The van der Waals surface area contributed by atoms with Gasteiger partial charge in [0.05, 0.1) is 18.8 Å². The molecule has 1 aromatic heterocycles. The highest BCUT2D eigenvalue weighted by atomic mass is 16.5. The van der Waals surface area contributed by atoms with Crippen molar-refractivity contribution >= 4 is 0 Å². The van der Waals surface area contributed by atoms with Crippen LogP contribution in [0, 0.1) is 0 Å². The third kappa shape index (κ3) is 3.80. The van der Waals surface area contributed by atoms with E-state index in [1.807, 2.05) is 30.3 Å². The lowest BCUT2D eigenvalue weighted by atomic mass is 9.96. The molecule has 1 fully saturated rings. The van der Waals surface area contributed by atoms with E-state index in [2.05, 4.69) is 10.1 Å². The Labute approximate surface area is 123 Å². The minimum absolute atomic E-state index is 0.229. The van der Waals surface area contributed by atoms with Crippen LogP contribution in [0.4, 0.5) is 0 Å². The summed E-state index contributed by atoms with van der Waals surface area (Å²) < 4.78 is 16.3. The zero-order valence-corrected chi connectivity index (χ0v) is 11.8. The number of para-hydroxylation sites is 1. The number of hydrogen-bond acceptors (Lipinski definition) is 6. The molecular formula is C15H19N3O3. The molecular weight excluding hydrogens is 270 g/mol. The van der Waals surface area contributed by atoms with Gasteiger partial charge in [-0.2, -0.15) is 4.98 Å². The molecule has 0 bridgehead atoms. The summed E-state index contributed by atoms with van der Waals surface area (Å²) in [5, 5.41) is 3.88. The minimum atomic E-state index is -0.361. The monoisotopic (exact) mass is 289 g/mol. The summed E-state index contributed by atoms with van der Waals surface area (Å²) >= 11 is 0. The van der Waals surface area contributed by atoms with Gasteiger partial charge >= 0.3 is 0 Å². The Balaban J connectivity index is 1.48. The Morgan fingerprint density at radius 2 is 2.10 bits per heavy atom. The molecule has 1 heterocycles. The van der Waals surface area contributed by atoms with Crippen LogP contribution < -0.4 is 10.5 Å². The SMILES string of the molecule is NC(COC1CCC1)c1noc(COc2ccccc2)n1. The zero-order chi connectivity index (χ0) is 14.5. The fourth-order valence-electron chi connectivity index (χ4n) is 1.99. The van der Waals surface area contributed by atoms with Crippen LogP contribution in [0.3, 0.4) is 0 Å². The van der Waals surface area contributed by atoms with Crippen LogP contribution in [0.5, 0.6) is 5.75 Å². The highest BCUT2D eigenvalue weighted by Crippen LogP contribution is 2.23. The predicted octanol–water partition coefficient (Wildman–Crippen LogP) is 2.22.